The highest BCUT2D eigenvalue weighted by Crippen LogP contribution is 2.50. The lowest BCUT2D eigenvalue weighted by atomic mass is 9.79. The van der Waals surface area contributed by atoms with Crippen molar-refractivity contribution < 1.29 is 4.79 Å². The van der Waals surface area contributed by atoms with E-state index in [0.29, 0.717) is 6.42 Å². The van der Waals surface area contributed by atoms with Crippen molar-refractivity contribution in [2.45, 2.75) is 44.7 Å². The highest BCUT2D eigenvalue weighted by atomic mass is 16.1. The monoisotopic (exact) mass is 369 g/mol. The normalized spacial score (nSPS) is 14.9. The zero-order chi connectivity index (χ0) is 19.6. The van der Waals surface area contributed by atoms with Crippen LogP contribution in [-0.4, -0.2) is 11.8 Å². The summed E-state index contributed by atoms with van der Waals surface area (Å²) in [6.45, 7) is 4.13. The van der Waals surface area contributed by atoms with Gasteiger partial charge >= 0.3 is 0 Å². The molecule has 0 fully saturated rings. The molecule has 0 bridgehead atoms. The van der Waals surface area contributed by atoms with Crippen LogP contribution in [0.1, 0.15) is 49.8 Å². The number of carbonyl (C=O) groups excluding carboxylic acids is 1. The molecule has 1 aliphatic rings. The number of benzene rings is 3. The molecule has 4 rings (SSSR count). The van der Waals surface area contributed by atoms with Gasteiger partial charge in [-0.1, -0.05) is 92.2 Å². The Morgan fingerprint density at radius 2 is 1.39 bits per heavy atom. The van der Waals surface area contributed by atoms with E-state index in [1.165, 1.54) is 27.8 Å². The molecule has 142 valence electrons. The number of carbonyl (C=O) groups is 1. The third-order valence-electron chi connectivity index (χ3n) is 5.85. The molecule has 1 N–H and O–H groups in total. The molecular formula is C26H27NO. The van der Waals surface area contributed by atoms with E-state index >= 15 is 0 Å². The van der Waals surface area contributed by atoms with E-state index < -0.39 is 5.54 Å². The molecule has 0 aliphatic heterocycles. The van der Waals surface area contributed by atoms with Gasteiger partial charge in [-0.2, -0.15) is 0 Å². The first-order valence-corrected chi connectivity index (χ1v) is 10.2. The van der Waals surface area contributed by atoms with Crippen molar-refractivity contribution in [2.24, 2.45) is 0 Å². The predicted octanol–water partition coefficient (Wildman–Crippen LogP) is 5.70. The maximum Gasteiger partial charge on any atom is 0.149 e. The summed E-state index contributed by atoms with van der Waals surface area (Å²) in [6.07, 6.45) is 2.60. The average molecular weight is 370 g/mol. The Morgan fingerprint density at radius 3 is 1.96 bits per heavy atom. The van der Waals surface area contributed by atoms with Gasteiger partial charge in [0, 0.05) is 6.42 Å². The van der Waals surface area contributed by atoms with Gasteiger partial charge in [-0.15, -0.1) is 0 Å². The lowest BCUT2D eigenvalue weighted by Gasteiger charge is -2.36. The summed E-state index contributed by atoms with van der Waals surface area (Å²) in [6, 6.07) is 27.4. The largest absolute Gasteiger partial charge is 0.298 e. The zero-order valence-corrected chi connectivity index (χ0v) is 16.6. The molecular weight excluding hydrogens is 342 g/mol. The third-order valence-corrected chi connectivity index (χ3v) is 5.85. The van der Waals surface area contributed by atoms with Crippen LogP contribution in [0.4, 0.5) is 0 Å². The standard InChI is InChI=1S/C26H27NO/c1-3-4-18-25(28)19(2)27-26(20-12-6-5-7-13-20)23-16-10-8-14-21(23)22-15-9-11-17-24(22)26/h5-17,19,27H,3-4,18H2,1-2H3/t19-/m0/s1. The van der Waals surface area contributed by atoms with Gasteiger partial charge in [0.1, 0.15) is 5.78 Å². The molecule has 2 heteroatoms. The summed E-state index contributed by atoms with van der Waals surface area (Å²) in [4.78, 5) is 12.8. The number of nitrogens with one attached hydrogen (secondary N) is 1. The number of fused-ring (bicyclic) bond motifs is 3. The van der Waals surface area contributed by atoms with Crippen molar-refractivity contribution in [2.75, 3.05) is 0 Å². The minimum atomic E-state index is -0.518. The number of hydrogen-bond acceptors (Lipinski definition) is 2. The quantitative estimate of drug-likeness (QED) is 0.579. The van der Waals surface area contributed by atoms with Gasteiger partial charge in [0.05, 0.1) is 11.6 Å². The van der Waals surface area contributed by atoms with Gasteiger partial charge in [-0.05, 0) is 41.2 Å². The summed E-state index contributed by atoms with van der Waals surface area (Å²) in [5, 5.41) is 3.78. The molecule has 0 saturated carbocycles. The first-order valence-electron chi connectivity index (χ1n) is 10.2. The topological polar surface area (TPSA) is 29.1 Å². The number of rotatable bonds is 7. The van der Waals surface area contributed by atoms with Crippen LogP contribution < -0.4 is 5.32 Å². The molecule has 1 aliphatic carbocycles. The van der Waals surface area contributed by atoms with Crippen LogP contribution in [0.25, 0.3) is 11.1 Å². The van der Waals surface area contributed by atoms with E-state index in [2.05, 4.69) is 85.0 Å². The third kappa shape index (κ3) is 2.98. The van der Waals surface area contributed by atoms with Crippen LogP contribution in [-0.2, 0) is 10.3 Å². The van der Waals surface area contributed by atoms with Gasteiger partial charge in [-0.25, -0.2) is 0 Å². The molecule has 2 nitrogen and oxygen atoms in total. The van der Waals surface area contributed by atoms with Crippen molar-refractivity contribution in [3.63, 3.8) is 0 Å². The maximum atomic E-state index is 12.8. The number of hydrogen-bond donors (Lipinski definition) is 1. The SMILES string of the molecule is CCCCC(=O)[C@H](C)NC1(c2ccccc2)c2ccccc2-c2ccccc21. The first-order chi connectivity index (χ1) is 13.7. The van der Waals surface area contributed by atoms with Crippen molar-refractivity contribution in [3.8, 4) is 11.1 Å². The van der Waals surface area contributed by atoms with Crippen molar-refractivity contribution in [1.82, 2.24) is 5.32 Å². The Bertz CT molecular complexity index is 931. The molecule has 0 heterocycles. The number of unbranched alkanes of at least 4 members (excludes halogenated alkanes) is 1. The molecule has 28 heavy (non-hydrogen) atoms. The van der Waals surface area contributed by atoms with Crippen LogP contribution in [0, 0.1) is 0 Å². The fourth-order valence-electron chi connectivity index (χ4n) is 4.45. The van der Waals surface area contributed by atoms with Crippen LogP contribution >= 0.6 is 0 Å². The van der Waals surface area contributed by atoms with E-state index in [0.717, 1.165) is 12.8 Å². The molecule has 3 aromatic carbocycles. The lowest BCUT2D eigenvalue weighted by Crippen LogP contribution is -2.50. The second-order valence-corrected chi connectivity index (χ2v) is 7.64. The van der Waals surface area contributed by atoms with Gasteiger partial charge in [0.15, 0.2) is 0 Å². The Labute approximate surface area is 167 Å². The van der Waals surface area contributed by atoms with Gasteiger partial charge in [0.25, 0.3) is 0 Å². The van der Waals surface area contributed by atoms with Crippen molar-refractivity contribution >= 4 is 5.78 Å². The van der Waals surface area contributed by atoms with E-state index in [1.54, 1.807) is 0 Å². The fourth-order valence-corrected chi connectivity index (χ4v) is 4.45. The smallest absolute Gasteiger partial charge is 0.149 e. The Balaban J connectivity index is 1.89. The van der Waals surface area contributed by atoms with Gasteiger partial charge in [0.2, 0.25) is 0 Å². The molecule has 0 radical (unpaired) electrons. The summed E-state index contributed by atoms with van der Waals surface area (Å²) < 4.78 is 0. The summed E-state index contributed by atoms with van der Waals surface area (Å²) in [7, 11) is 0. The van der Waals surface area contributed by atoms with Gasteiger partial charge in [-0.3, -0.25) is 10.1 Å². The Kier molecular flexibility index (Phi) is 5.15. The molecule has 1 atom stereocenters. The minimum Gasteiger partial charge on any atom is -0.298 e. The van der Waals surface area contributed by atoms with Crippen LogP contribution in [0.15, 0.2) is 78.9 Å². The molecule has 0 aromatic heterocycles. The van der Waals surface area contributed by atoms with E-state index in [-0.39, 0.29) is 11.8 Å². The fraction of sp³-hybridized carbons (Fsp3) is 0.269. The molecule has 0 unspecified atom stereocenters. The second kappa shape index (κ2) is 7.73. The van der Waals surface area contributed by atoms with E-state index in [9.17, 15) is 4.79 Å². The van der Waals surface area contributed by atoms with E-state index in [4.69, 9.17) is 0 Å². The molecule has 0 saturated heterocycles. The second-order valence-electron chi connectivity index (χ2n) is 7.64. The highest BCUT2D eigenvalue weighted by molar-refractivity contribution is 5.86. The van der Waals surface area contributed by atoms with Crippen LogP contribution in [0.2, 0.25) is 0 Å². The Hall–Kier alpha value is -2.71. The average Bonchev–Trinajstić information content (AvgIpc) is 3.04. The number of Topliss-reactive ketones (excluding diaryl/α,β-unsaturated/α-hetero) is 1. The number of ketones is 1. The van der Waals surface area contributed by atoms with E-state index in [1.807, 2.05) is 13.0 Å². The molecule has 3 aromatic rings. The summed E-state index contributed by atoms with van der Waals surface area (Å²) >= 11 is 0. The summed E-state index contributed by atoms with van der Waals surface area (Å²) in [5.74, 6) is 0.277. The molecule has 0 amide bonds. The minimum absolute atomic E-state index is 0.231. The molecule has 0 spiro atoms. The zero-order valence-electron chi connectivity index (χ0n) is 16.6. The highest BCUT2D eigenvalue weighted by Gasteiger charge is 2.45. The van der Waals surface area contributed by atoms with Gasteiger partial charge < -0.3 is 0 Å². The lowest BCUT2D eigenvalue weighted by molar-refractivity contribution is -0.121. The summed E-state index contributed by atoms with van der Waals surface area (Å²) in [5.41, 5.74) is 5.57. The van der Waals surface area contributed by atoms with Crippen molar-refractivity contribution in [3.05, 3.63) is 95.6 Å². The van der Waals surface area contributed by atoms with Crippen LogP contribution in [0.3, 0.4) is 0 Å². The first kappa shape index (κ1) is 18.6. The van der Waals surface area contributed by atoms with Crippen molar-refractivity contribution in [1.29, 1.82) is 0 Å². The van der Waals surface area contributed by atoms with Crippen LogP contribution in [0.5, 0.6) is 0 Å². The Morgan fingerprint density at radius 1 is 0.857 bits per heavy atom. The predicted molar refractivity (Wildman–Crippen MR) is 115 cm³/mol. The maximum absolute atomic E-state index is 12.8.